The van der Waals surface area contributed by atoms with Crippen molar-refractivity contribution in [2.24, 2.45) is 0 Å². The van der Waals surface area contributed by atoms with Crippen molar-refractivity contribution >= 4 is 11.8 Å². The molecule has 0 saturated heterocycles. The third-order valence-electron chi connectivity index (χ3n) is 3.38. The van der Waals surface area contributed by atoms with Gasteiger partial charge in [0.2, 0.25) is 0 Å². The third-order valence-corrected chi connectivity index (χ3v) is 4.50. The summed E-state index contributed by atoms with van der Waals surface area (Å²) >= 11 is 1.95. The Kier molecular flexibility index (Phi) is 3.43. The smallest absolute Gasteiger partial charge is 0.120 e. The third kappa shape index (κ3) is 2.33. The molecular weight excluding hydrogens is 242 g/mol. The van der Waals surface area contributed by atoms with Gasteiger partial charge in [0.15, 0.2) is 0 Å². The maximum atomic E-state index is 5.46. The summed E-state index contributed by atoms with van der Waals surface area (Å²) in [6.07, 6.45) is 2.91. The lowest BCUT2D eigenvalue weighted by atomic mass is 10.0. The molecule has 1 aliphatic rings. The van der Waals surface area contributed by atoms with Crippen LogP contribution in [-0.4, -0.2) is 5.75 Å². The molecule has 1 aliphatic heterocycles. The summed E-state index contributed by atoms with van der Waals surface area (Å²) in [6, 6.07) is 13.3. The van der Waals surface area contributed by atoms with Gasteiger partial charge in [-0.15, -0.1) is 11.8 Å². The van der Waals surface area contributed by atoms with Crippen LogP contribution in [0.3, 0.4) is 0 Å². The minimum Gasteiger partial charge on any atom is -0.468 e. The van der Waals surface area contributed by atoms with E-state index in [1.807, 2.05) is 23.9 Å². The molecule has 1 aromatic carbocycles. The number of hydrogen-bond donors (Lipinski definition) is 1. The van der Waals surface area contributed by atoms with E-state index in [2.05, 4.69) is 36.5 Å². The van der Waals surface area contributed by atoms with Gasteiger partial charge in [-0.3, -0.25) is 0 Å². The van der Waals surface area contributed by atoms with E-state index in [0.29, 0.717) is 6.04 Å². The predicted octanol–water partition coefficient (Wildman–Crippen LogP) is 4.17. The maximum absolute atomic E-state index is 5.46. The van der Waals surface area contributed by atoms with Crippen molar-refractivity contribution in [3.05, 3.63) is 54.0 Å². The highest BCUT2D eigenvalue weighted by molar-refractivity contribution is 7.99. The van der Waals surface area contributed by atoms with Crippen molar-refractivity contribution in [3.63, 3.8) is 0 Å². The Morgan fingerprint density at radius 1 is 1.28 bits per heavy atom. The molecule has 2 atom stereocenters. The number of rotatable bonds is 3. The first kappa shape index (κ1) is 11.9. The van der Waals surface area contributed by atoms with E-state index in [4.69, 9.17) is 4.42 Å². The summed E-state index contributed by atoms with van der Waals surface area (Å²) < 4.78 is 5.46. The van der Waals surface area contributed by atoms with Crippen LogP contribution < -0.4 is 5.32 Å². The monoisotopic (exact) mass is 259 g/mol. The van der Waals surface area contributed by atoms with Gasteiger partial charge in [0.25, 0.3) is 0 Å². The Labute approximate surface area is 112 Å². The average Bonchev–Trinajstić information content (AvgIpc) is 2.93. The fraction of sp³-hybridized carbons (Fsp3) is 0.333. The number of benzene rings is 1. The first-order valence-electron chi connectivity index (χ1n) is 6.36. The molecular formula is C15H17NOS. The summed E-state index contributed by atoms with van der Waals surface area (Å²) in [5, 5.41) is 3.67. The zero-order valence-corrected chi connectivity index (χ0v) is 11.2. The zero-order valence-electron chi connectivity index (χ0n) is 10.4. The number of hydrogen-bond acceptors (Lipinski definition) is 3. The van der Waals surface area contributed by atoms with Crippen LogP contribution in [0.25, 0.3) is 0 Å². The van der Waals surface area contributed by atoms with Gasteiger partial charge in [-0.2, -0.15) is 0 Å². The number of nitrogens with one attached hydrogen (secondary N) is 1. The summed E-state index contributed by atoms with van der Waals surface area (Å²) in [4.78, 5) is 1.41. The second-order valence-electron chi connectivity index (χ2n) is 4.63. The van der Waals surface area contributed by atoms with Crippen molar-refractivity contribution < 1.29 is 4.42 Å². The SMILES string of the molecule is C[C@@H](NC1CCSc2ccccc21)c1ccco1. The molecule has 18 heavy (non-hydrogen) atoms. The molecule has 0 radical (unpaired) electrons. The van der Waals surface area contributed by atoms with E-state index in [1.165, 1.54) is 22.6 Å². The fourth-order valence-corrected chi connectivity index (χ4v) is 3.56. The van der Waals surface area contributed by atoms with E-state index >= 15 is 0 Å². The molecule has 0 bridgehead atoms. The van der Waals surface area contributed by atoms with Gasteiger partial charge in [0.1, 0.15) is 5.76 Å². The second kappa shape index (κ2) is 5.21. The van der Waals surface area contributed by atoms with Gasteiger partial charge in [0, 0.05) is 10.9 Å². The molecule has 2 nitrogen and oxygen atoms in total. The molecule has 0 fully saturated rings. The molecule has 1 aromatic heterocycles. The van der Waals surface area contributed by atoms with Crippen LogP contribution in [0.4, 0.5) is 0 Å². The highest BCUT2D eigenvalue weighted by Gasteiger charge is 2.22. The summed E-state index contributed by atoms with van der Waals surface area (Å²) in [5.41, 5.74) is 1.42. The van der Waals surface area contributed by atoms with Crippen LogP contribution in [0, 0.1) is 0 Å². The molecule has 3 heteroatoms. The second-order valence-corrected chi connectivity index (χ2v) is 5.77. The molecule has 2 heterocycles. The lowest BCUT2D eigenvalue weighted by Gasteiger charge is -2.28. The molecule has 0 amide bonds. The minimum atomic E-state index is 0.251. The first-order valence-corrected chi connectivity index (χ1v) is 7.34. The lowest BCUT2D eigenvalue weighted by Crippen LogP contribution is -2.27. The summed E-state index contributed by atoms with van der Waals surface area (Å²) in [5.74, 6) is 2.19. The summed E-state index contributed by atoms with van der Waals surface area (Å²) in [7, 11) is 0. The molecule has 0 aliphatic carbocycles. The number of fused-ring (bicyclic) bond motifs is 1. The fourth-order valence-electron chi connectivity index (χ4n) is 2.44. The Morgan fingerprint density at radius 3 is 3.00 bits per heavy atom. The van der Waals surface area contributed by atoms with E-state index in [0.717, 1.165) is 5.76 Å². The van der Waals surface area contributed by atoms with Crippen LogP contribution in [0.2, 0.25) is 0 Å². The van der Waals surface area contributed by atoms with Crippen LogP contribution in [0.15, 0.2) is 52.0 Å². The van der Waals surface area contributed by atoms with Crippen LogP contribution >= 0.6 is 11.8 Å². The quantitative estimate of drug-likeness (QED) is 0.895. The van der Waals surface area contributed by atoms with E-state index in [-0.39, 0.29) is 6.04 Å². The van der Waals surface area contributed by atoms with Gasteiger partial charge >= 0.3 is 0 Å². The Bertz CT molecular complexity index is 509. The van der Waals surface area contributed by atoms with Crippen molar-refractivity contribution in [2.45, 2.75) is 30.3 Å². The Morgan fingerprint density at radius 2 is 2.17 bits per heavy atom. The molecule has 94 valence electrons. The van der Waals surface area contributed by atoms with Gasteiger partial charge < -0.3 is 9.73 Å². The normalized spacial score (nSPS) is 20.4. The van der Waals surface area contributed by atoms with Crippen molar-refractivity contribution in [2.75, 3.05) is 5.75 Å². The highest BCUT2D eigenvalue weighted by Crippen LogP contribution is 2.36. The van der Waals surface area contributed by atoms with Crippen molar-refractivity contribution in [1.82, 2.24) is 5.32 Å². The molecule has 3 rings (SSSR count). The standard InChI is InChI=1S/C15H17NOS/c1-11(14-6-4-9-17-14)16-13-8-10-18-15-7-3-2-5-12(13)15/h2-7,9,11,13,16H,8,10H2,1H3/t11-,13?/m1/s1. The first-order chi connectivity index (χ1) is 8.84. The zero-order chi connectivity index (χ0) is 12.4. The Balaban J connectivity index is 1.78. The van der Waals surface area contributed by atoms with Crippen LogP contribution in [-0.2, 0) is 0 Å². The van der Waals surface area contributed by atoms with Crippen LogP contribution in [0.5, 0.6) is 0 Å². The highest BCUT2D eigenvalue weighted by atomic mass is 32.2. The maximum Gasteiger partial charge on any atom is 0.120 e. The van der Waals surface area contributed by atoms with Crippen molar-refractivity contribution in [3.8, 4) is 0 Å². The largest absolute Gasteiger partial charge is 0.468 e. The van der Waals surface area contributed by atoms with Crippen LogP contribution in [0.1, 0.15) is 36.8 Å². The molecule has 1 unspecified atom stereocenters. The molecule has 1 N–H and O–H groups in total. The lowest BCUT2D eigenvalue weighted by molar-refractivity contribution is 0.384. The van der Waals surface area contributed by atoms with Gasteiger partial charge in [-0.1, -0.05) is 18.2 Å². The minimum absolute atomic E-state index is 0.251. The molecule has 0 saturated carbocycles. The van der Waals surface area contributed by atoms with E-state index in [1.54, 1.807) is 6.26 Å². The summed E-state index contributed by atoms with van der Waals surface area (Å²) in [6.45, 7) is 2.16. The van der Waals surface area contributed by atoms with E-state index in [9.17, 15) is 0 Å². The molecule has 2 aromatic rings. The average molecular weight is 259 g/mol. The van der Waals surface area contributed by atoms with Gasteiger partial charge in [-0.25, -0.2) is 0 Å². The topological polar surface area (TPSA) is 25.2 Å². The van der Waals surface area contributed by atoms with E-state index < -0.39 is 0 Å². The van der Waals surface area contributed by atoms with Gasteiger partial charge in [-0.05, 0) is 42.9 Å². The van der Waals surface area contributed by atoms with Crippen molar-refractivity contribution in [1.29, 1.82) is 0 Å². The Hall–Kier alpha value is -1.19. The predicted molar refractivity (Wildman–Crippen MR) is 74.8 cm³/mol. The molecule has 0 spiro atoms. The van der Waals surface area contributed by atoms with Gasteiger partial charge in [0.05, 0.1) is 12.3 Å². The number of furan rings is 1. The number of thioether (sulfide) groups is 1.